The van der Waals surface area contributed by atoms with Crippen LogP contribution in [0.4, 0.5) is 0 Å². The van der Waals surface area contributed by atoms with Crippen molar-refractivity contribution in [1.82, 2.24) is 4.90 Å². The Labute approximate surface area is 137 Å². The van der Waals surface area contributed by atoms with E-state index in [-0.39, 0.29) is 11.9 Å². The highest BCUT2D eigenvalue weighted by Gasteiger charge is 2.24. The number of nitrogens with zero attached hydrogens (tertiary/aromatic N) is 1. The predicted octanol–water partition coefficient (Wildman–Crippen LogP) is 3.57. The molecule has 0 aliphatic carbocycles. The van der Waals surface area contributed by atoms with Crippen molar-refractivity contribution in [2.75, 3.05) is 18.8 Å². The molecule has 1 aromatic rings. The van der Waals surface area contributed by atoms with Gasteiger partial charge in [-0.15, -0.1) is 0 Å². The molecule has 22 heavy (non-hydrogen) atoms. The first-order chi connectivity index (χ1) is 10.6. The van der Waals surface area contributed by atoms with Crippen molar-refractivity contribution in [3.63, 3.8) is 0 Å². The van der Waals surface area contributed by atoms with E-state index in [0.717, 1.165) is 48.6 Å². The number of nitrogens with two attached hydrogens (primary N) is 1. The number of amides is 1. The zero-order valence-electron chi connectivity index (χ0n) is 13.8. The van der Waals surface area contributed by atoms with Crippen LogP contribution in [0.1, 0.15) is 60.9 Å². The Balaban J connectivity index is 1.97. The van der Waals surface area contributed by atoms with E-state index in [1.165, 1.54) is 12.8 Å². The fourth-order valence-electron chi connectivity index (χ4n) is 2.71. The summed E-state index contributed by atoms with van der Waals surface area (Å²) in [5, 5.41) is 0. The molecule has 1 aliphatic heterocycles. The van der Waals surface area contributed by atoms with E-state index in [4.69, 9.17) is 10.2 Å². The minimum Gasteiger partial charge on any atom is -0.456 e. The third-order valence-electron chi connectivity index (χ3n) is 4.13. The smallest absolute Gasteiger partial charge is 0.289 e. The highest BCUT2D eigenvalue weighted by molar-refractivity contribution is 7.98. The molecule has 1 unspecified atom stereocenters. The van der Waals surface area contributed by atoms with Crippen molar-refractivity contribution in [2.24, 2.45) is 5.73 Å². The summed E-state index contributed by atoms with van der Waals surface area (Å²) in [5.41, 5.74) is 7.18. The quantitative estimate of drug-likeness (QED) is 0.813. The normalized spacial score (nSPS) is 19.2. The molecule has 2 heterocycles. The Morgan fingerprint density at radius 3 is 3.09 bits per heavy atom. The lowest BCUT2D eigenvalue weighted by atomic mass is 10.2. The fraction of sp³-hybridized carbons (Fsp3) is 0.706. The maximum atomic E-state index is 12.6. The predicted molar refractivity (Wildman–Crippen MR) is 92.2 cm³/mol. The molecule has 0 radical (unpaired) electrons. The van der Waals surface area contributed by atoms with Crippen molar-refractivity contribution in [3.05, 3.63) is 23.2 Å². The number of carbonyl (C=O) groups excluding carboxylic acids is 1. The van der Waals surface area contributed by atoms with Gasteiger partial charge in [-0.2, -0.15) is 11.8 Å². The molecule has 0 saturated carbocycles. The molecule has 4 nitrogen and oxygen atoms in total. The number of aryl methyl sites for hydroxylation is 1. The molecular formula is C17H28N2O2S. The maximum Gasteiger partial charge on any atom is 0.289 e. The summed E-state index contributed by atoms with van der Waals surface area (Å²) >= 11 is 1.90. The van der Waals surface area contributed by atoms with Gasteiger partial charge in [-0.25, -0.2) is 0 Å². The minimum absolute atomic E-state index is 0.00902. The van der Waals surface area contributed by atoms with E-state index in [0.29, 0.717) is 12.3 Å². The summed E-state index contributed by atoms with van der Waals surface area (Å²) in [7, 11) is 0. The zero-order valence-corrected chi connectivity index (χ0v) is 14.6. The molecule has 0 bridgehead atoms. The van der Waals surface area contributed by atoms with Crippen LogP contribution in [0.5, 0.6) is 0 Å². The first kappa shape index (κ1) is 17.4. The summed E-state index contributed by atoms with van der Waals surface area (Å²) in [6, 6.07) is 2.01. The largest absolute Gasteiger partial charge is 0.456 e. The SMILES string of the molecule is CCCCSCc1cc(C(=O)N2CCCCC(N)C2)oc1C. The van der Waals surface area contributed by atoms with Crippen LogP contribution in [-0.4, -0.2) is 35.7 Å². The van der Waals surface area contributed by atoms with Crippen LogP contribution in [0.25, 0.3) is 0 Å². The molecule has 2 N–H and O–H groups in total. The number of thioether (sulfide) groups is 1. The summed E-state index contributed by atoms with van der Waals surface area (Å²) < 4.78 is 5.72. The molecule has 124 valence electrons. The van der Waals surface area contributed by atoms with Gasteiger partial charge in [0.25, 0.3) is 5.91 Å². The molecule has 1 amide bonds. The maximum absolute atomic E-state index is 12.6. The van der Waals surface area contributed by atoms with E-state index in [1.807, 2.05) is 29.7 Å². The molecule has 1 fully saturated rings. The van der Waals surface area contributed by atoms with Gasteiger partial charge in [0.05, 0.1) is 0 Å². The highest BCUT2D eigenvalue weighted by atomic mass is 32.2. The van der Waals surface area contributed by atoms with Crippen LogP contribution in [0.2, 0.25) is 0 Å². The van der Waals surface area contributed by atoms with Gasteiger partial charge >= 0.3 is 0 Å². The standard InChI is InChI=1S/C17H28N2O2S/c1-3-4-9-22-12-14-10-16(21-13(14)2)17(20)19-8-6-5-7-15(18)11-19/h10,15H,3-9,11-12,18H2,1-2H3. The molecule has 1 aliphatic rings. The summed E-state index contributed by atoms with van der Waals surface area (Å²) in [6.07, 6.45) is 5.58. The number of carbonyl (C=O) groups is 1. The number of likely N-dealkylation sites (tertiary alicyclic amines) is 1. The minimum atomic E-state index is -0.00902. The third kappa shape index (κ3) is 4.78. The number of rotatable bonds is 6. The van der Waals surface area contributed by atoms with Crippen molar-refractivity contribution >= 4 is 17.7 Å². The van der Waals surface area contributed by atoms with Crippen molar-refractivity contribution in [2.45, 2.75) is 57.7 Å². The van der Waals surface area contributed by atoms with Crippen molar-refractivity contribution in [3.8, 4) is 0 Å². The van der Waals surface area contributed by atoms with Gasteiger partial charge in [-0.1, -0.05) is 19.8 Å². The second kappa shape index (κ2) is 8.63. The lowest BCUT2D eigenvalue weighted by Crippen LogP contribution is -2.39. The van der Waals surface area contributed by atoms with Crippen LogP contribution in [-0.2, 0) is 5.75 Å². The van der Waals surface area contributed by atoms with Crippen LogP contribution in [0.15, 0.2) is 10.5 Å². The number of hydrogen-bond acceptors (Lipinski definition) is 4. The summed E-state index contributed by atoms with van der Waals surface area (Å²) in [4.78, 5) is 14.5. The number of unbranched alkanes of at least 4 members (excludes halogenated alkanes) is 1. The van der Waals surface area contributed by atoms with Gasteiger partial charge in [0.2, 0.25) is 0 Å². The van der Waals surface area contributed by atoms with Gasteiger partial charge < -0.3 is 15.1 Å². The van der Waals surface area contributed by atoms with E-state index < -0.39 is 0 Å². The summed E-state index contributed by atoms with van der Waals surface area (Å²) in [5.74, 6) is 3.41. The average Bonchev–Trinajstić information content (AvgIpc) is 2.72. The Kier molecular flexibility index (Phi) is 6.83. The molecule has 0 spiro atoms. The Morgan fingerprint density at radius 2 is 2.32 bits per heavy atom. The van der Waals surface area contributed by atoms with Crippen LogP contribution in [0, 0.1) is 6.92 Å². The lowest BCUT2D eigenvalue weighted by molar-refractivity contribution is 0.0721. The van der Waals surface area contributed by atoms with Crippen LogP contribution >= 0.6 is 11.8 Å². The van der Waals surface area contributed by atoms with Gasteiger partial charge in [0.1, 0.15) is 5.76 Å². The highest BCUT2D eigenvalue weighted by Crippen LogP contribution is 2.23. The second-order valence-electron chi connectivity index (χ2n) is 6.11. The van der Waals surface area contributed by atoms with E-state index >= 15 is 0 Å². The van der Waals surface area contributed by atoms with Crippen molar-refractivity contribution in [1.29, 1.82) is 0 Å². The Bertz CT molecular complexity index is 487. The molecular weight excluding hydrogens is 296 g/mol. The number of hydrogen-bond donors (Lipinski definition) is 1. The molecule has 1 aromatic heterocycles. The van der Waals surface area contributed by atoms with Gasteiger partial charge in [-0.3, -0.25) is 4.79 Å². The molecule has 5 heteroatoms. The first-order valence-corrected chi connectivity index (χ1v) is 9.49. The second-order valence-corrected chi connectivity index (χ2v) is 7.21. The van der Waals surface area contributed by atoms with Crippen LogP contribution < -0.4 is 5.73 Å². The topological polar surface area (TPSA) is 59.5 Å². The van der Waals surface area contributed by atoms with E-state index in [2.05, 4.69) is 6.92 Å². The van der Waals surface area contributed by atoms with E-state index in [9.17, 15) is 4.79 Å². The Morgan fingerprint density at radius 1 is 1.50 bits per heavy atom. The fourth-order valence-corrected chi connectivity index (χ4v) is 3.86. The van der Waals surface area contributed by atoms with Gasteiger partial charge in [0.15, 0.2) is 5.76 Å². The monoisotopic (exact) mass is 324 g/mol. The third-order valence-corrected chi connectivity index (χ3v) is 5.22. The Hall–Kier alpha value is -0.940. The number of furan rings is 1. The van der Waals surface area contributed by atoms with Crippen LogP contribution in [0.3, 0.4) is 0 Å². The molecule has 1 atom stereocenters. The lowest BCUT2D eigenvalue weighted by Gasteiger charge is -2.21. The molecule has 1 saturated heterocycles. The average molecular weight is 324 g/mol. The molecule has 2 rings (SSSR count). The summed E-state index contributed by atoms with van der Waals surface area (Å²) in [6.45, 7) is 5.57. The van der Waals surface area contributed by atoms with Gasteiger partial charge in [-0.05, 0) is 38.0 Å². The van der Waals surface area contributed by atoms with E-state index in [1.54, 1.807) is 0 Å². The molecule has 0 aromatic carbocycles. The first-order valence-electron chi connectivity index (χ1n) is 8.33. The van der Waals surface area contributed by atoms with Crippen molar-refractivity contribution < 1.29 is 9.21 Å². The zero-order chi connectivity index (χ0) is 15.9. The van der Waals surface area contributed by atoms with Gasteiger partial charge in [0, 0.05) is 30.4 Å².